The summed E-state index contributed by atoms with van der Waals surface area (Å²) in [6, 6.07) is 8.00. The molecule has 1 unspecified atom stereocenters. The van der Waals surface area contributed by atoms with Gasteiger partial charge in [-0.3, -0.25) is 0 Å². The van der Waals surface area contributed by atoms with Crippen LogP contribution in [0.2, 0.25) is 5.02 Å². The predicted octanol–water partition coefficient (Wildman–Crippen LogP) is 4.75. The van der Waals surface area contributed by atoms with Crippen molar-refractivity contribution < 1.29 is 0 Å². The molecule has 0 aliphatic heterocycles. The summed E-state index contributed by atoms with van der Waals surface area (Å²) in [5.41, 5.74) is 1.28. The number of alkyl halides is 1. The highest BCUT2D eigenvalue weighted by molar-refractivity contribution is 7.11. The van der Waals surface area contributed by atoms with Gasteiger partial charge in [-0.1, -0.05) is 23.7 Å². The fourth-order valence-corrected chi connectivity index (χ4v) is 3.17. The lowest BCUT2D eigenvalue weighted by Crippen LogP contribution is -2.09. The SMILES string of the molecule is Cc1ncc(CC(CCl)Cc2ccc(Cl)cc2)s1. The van der Waals surface area contributed by atoms with Crippen molar-refractivity contribution >= 4 is 34.5 Å². The van der Waals surface area contributed by atoms with E-state index in [0.717, 1.165) is 22.9 Å². The van der Waals surface area contributed by atoms with Crippen molar-refractivity contribution in [2.75, 3.05) is 5.88 Å². The minimum Gasteiger partial charge on any atom is -0.250 e. The van der Waals surface area contributed by atoms with Gasteiger partial charge >= 0.3 is 0 Å². The predicted molar refractivity (Wildman–Crippen MR) is 79.9 cm³/mol. The second-order valence-corrected chi connectivity index (χ2v) is 6.47. The van der Waals surface area contributed by atoms with Gasteiger partial charge in [0.05, 0.1) is 5.01 Å². The fourth-order valence-electron chi connectivity index (χ4n) is 1.92. The normalized spacial score (nSPS) is 12.6. The third-order valence-corrected chi connectivity index (χ3v) is 4.44. The summed E-state index contributed by atoms with van der Waals surface area (Å²) < 4.78 is 0. The van der Waals surface area contributed by atoms with Gasteiger partial charge in [0.1, 0.15) is 0 Å². The molecule has 0 amide bonds. The highest BCUT2D eigenvalue weighted by atomic mass is 35.5. The molecule has 1 aromatic carbocycles. The smallest absolute Gasteiger partial charge is 0.0896 e. The average Bonchev–Trinajstić information content (AvgIpc) is 2.77. The van der Waals surface area contributed by atoms with Crippen LogP contribution in [0.1, 0.15) is 15.4 Å². The van der Waals surface area contributed by atoms with Crippen LogP contribution < -0.4 is 0 Å². The summed E-state index contributed by atoms with van der Waals surface area (Å²) >= 11 is 13.7. The van der Waals surface area contributed by atoms with Crippen molar-refractivity contribution in [2.24, 2.45) is 5.92 Å². The molecular formula is C14H15Cl2NS. The Morgan fingerprint density at radius 2 is 1.94 bits per heavy atom. The number of aromatic nitrogens is 1. The molecule has 96 valence electrons. The maximum absolute atomic E-state index is 6.06. The maximum Gasteiger partial charge on any atom is 0.0896 e. The quantitative estimate of drug-likeness (QED) is 0.726. The van der Waals surface area contributed by atoms with Crippen LogP contribution in [-0.2, 0) is 12.8 Å². The van der Waals surface area contributed by atoms with Crippen LogP contribution in [0.25, 0.3) is 0 Å². The molecule has 0 aliphatic rings. The molecule has 0 saturated carbocycles. The van der Waals surface area contributed by atoms with E-state index in [4.69, 9.17) is 23.2 Å². The molecule has 2 aromatic rings. The Morgan fingerprint density at radius 3 is 2.50 bits per heavy atom. The van der Waals surface area contributed by atoms with E-state index < -0.39 is 0 Å². The first-order valence-electron chi connectivity index (χ1n) is 5.89. The van der Waals surface area contributed by atoms with E-state index in [1.807, 2.05) is 25.3 Å². The van der Waals surface area contributed by atoms with Gasteiger partial charge in [0, 0.05) is 22.0 Å². The molecule has 0 fully saturated rings. The summed E-state index contributed by atoms with van der Waals surface area (Å²) in [4.78, 5) is 5.59. The Bertz CT molecular complexity index is 493. The number of hydrogen-bond acceptors (Lipinski definition) is 2. The van der Waals surface area contributed by atoms with Gasteiger partial charge in [-0.15, -0.1) is 22.9 Å². The van der Waals surface area contributed by atoms with Crippen molar-refractivity contribution in [2.45, 2.75) is 19.8 Å². The number of hydrogen-bond donors (Lipinski definition) is 0. The summed E-state index contributed by atoms with van der Waals surface area (Å²) in [6.45, 7) is 2.03. The third kappa shape index (κ3) is 3.98. The number of thiazole rings is 1. The van der Waals surface area contributed by atoms with E-state index in [1.54, 1.807) is 11.3 Å². The first kappa shape index (κ1) is 13.9. The summed E-state index contributed by atoms with van der Waals surface area (Å²) in [5, 5.41) is 1.89. The largest absolute Gasteiger partial charge is 0.250 e. The minimum absolute atomic E-state index is 0.452. The van der Waals surface area contributed by atoms with Gasteiger partial charge in [0.25, 0.3) is 0 Å². The van der Waals surface area contributed by atoms with Crippen LogP contribution in [0.3, 0.4) is 0 Å². The number of halogens is 2. The highest BCUT2D eigenvalue weighted by Crippen LogP contribution is 2.21. The molecule has 1 aromatic heterocycles. The Morgan fingerprint density at radius 1 is 1.22 bits per heavy atom. The monoisotopic (exact) mass is 299 g/mol. The molecule has 4 heteroatoms. The molecule has 2 rings (SSSR count). The van der Waals surface area contributed by atoms with E-state index in [-0.39, 0.29) is 0 Å². The molecule has 0 saturated heterocycles. The fraction of sp³-hybridized carbons (Fsp3) is 0.357. The minimum atomic E-state index is 0.452. The van der Waals surface area contributed by atoms with Crippen LogP contribution in [0, 0.1) is 12.8 Å². The van der Waals surface area contributed by atoms with E-state index in [0.29, 0.717) is 11.8 Å². The van der Waals surface area contributed by atoms with Crippen LogP contribution in [0.5, 0.6) is 0 Å². The topological polar surface area (TPSA) is 12.9 Å². The van der Waals surface area contributed by atoms with E-state index in [9.17, 15) is 0 Å². The van der Waals surface area contributed by atoms with Crippen molar-refractivity contribution in [3.05, 3.63) is 50.9 Å². The highest BCUT2D eigenvalue weighted by Gasteiger charge is 2.11. The van der Waals surface area contributed by atoms with Crippen LogP contribution >= 0.6 is 34.5 Å². The maximum atomic E-state index is 6.06. The number of benzene rings is 1. The second kappa shape index (κ2) is 6.55. The van der Waals surface area contributed by atoms with Crippen molar-refractivity contribution in [3.63, 3.8) is 0 Å². The Labute approximate surface area is 122 Å². The molecule has 0 spiro atoms. The van der Waals surface area contributed by atoms with Gasteiger partial charge in [0.2, 0.25) is 0 Å². The van der Waals surface area contributed by atoms with E-state index in [1.165, 1.54) is 10.4 Å². The van der Waals surface area contributed by atoms with Gasteiger partial charge in [-0.25, -0.2) is 4.98 Å². The Hall–Kier alpha value is -0.570. The molecule has 0 aliphatic carbocycles. The summed E-state index contributed by atoms with van der Waals surface area (Å²) in [7, 11) is 0. The van der Waals surface area contributed by atoms with E-state index in [2.05, 4.69) is 17.1 Å². The zero-order valence-corrected chi connectivity index (χ0v) is 12.5. The molecule has 0 N–H and O–H groups in total. The van der Waals surface area contributed by atoms with Crippen LogP contribution in [0.15, 0.2) is 30.5 Å². The average molecular weight is 300 g/mol. The van der Waals surface area contributed by atoms with Gasteiger partial charge in [0.15, 0.2) is 0 Å². The zero-order chi connectivity index (χ0) is 13.0. The standard InChI is InChI=1S/C14H15Cl2NS/c1-10-17-9-14(18-10)7-12(8-15)6-11-2-4-13(16)5-3-11/h2-5,9,12H,6-8H2,1H3. The first-order valence-corrected chi connectivity index (χ1v) is 7.62. The lowest BCUT2D eigenvalue weighted by Gasteiger charge is -2.12. The summed E-state index contributed by atoms with van der Waals surface area (Å²) in [5.74, 6) is 1.12. The van der Waals surface area contributed by atoms with E-state index >= 15 is 0 Å². The second-order valence-electron chi connectivity index (χ2n) is 4.40. The molecular weight excluding hydrogens is 285 g/mol. The zero-order valence-electron chi connectivity index (χ0n) is 10.2. The van der Waals surface area contributed by atoms with Crippen LogP contribution in [-0.4, -0.2) is 10.9 Å². The van der Waals surface area contributed by atoms with Crippen molar-refractivity contribution in [3.8, 4) is 0 Å². The van der Waals surface area contributed by atoms with Crippen LogP contribution in [0.4, 0.5) is 0 Å². The number of aryl methyl sites for hydroxylation is 1. The van der Waals surface area contributed by atoms with Gasteiger partial charge in [-0.2, -0.15) is 0 Å². The molecule has 0 radical (unpaired) electrons. The lowest BCUT2D eigenvalue weighted by atomic mass is 9.97. The van der Waals surface area contributed by atoms with Gasteiger partial charge < -0.3 is 0 Å². The number of nitrogens with zero attached hydrogens (tertiary/aromatic N) is 1. The third-order valence-electron chi connectivity index (χ3n) is 2.81. The first-order chi connectivity index (χ1) is 8.67. The molecule has 1 heterocycles. The van der Waals surface area contributed by atoms with Gasteiger partial charge in [-0.05, 0) is 43.4 Å². The molecule has 18 heavy (non-hydrogen) atoms. The van der Waals surface area contributed by atoms with Crippen molar-refractivity contribution in [1.82, 2.24) is 4.98 Å². The summed E-state index contributed by atoms with van der Waals surface area (Å²) in [6.07, 6.45) is 3.94. The molecule has 1 nitrogen and oxygen atoms in total. The molecule has 1 atom stereocenters. The molecule has 0 bridgehead atoms. The lowest BCUT2D eigenvalue weighted by molar-refractivity contribution is 0.588. The van der Waals surface area contributed by atoms with Crippen molar-refractivity contribution in [1.29, 1.82) is 0 Å². The Balaban J connectivity index is 1.99. The number of rotatable bonds is 5. The Kier molecular flexibility index (Phi) is 5.04.